The summed E-state index contributed by atoms with van der Waals surface area (Å²) in [6.07, 6.45) is 0. The summed E-state index contributed by atoms with van der Waals surface area (Å²) < 4.78 is 18.3. The third kappa shape index (κ3) is 2.82. The lowest BCUT2D eigenvalue weighted by atomic mass is 9.96. The number of halogens is 1. The van der Waals surface area contributed by atoms with Gasteiger partial charge in [0, 0.05) is 5.56 Å². The highest BCUT2D eigenvalue weighted by Crippen LogP contribution is 2.31. The van der Waals surface area contributed by atoms with Crippen molar-refractivity contribution in [2.45, 2.75) is 33.7 Å². The first kappa shape index (κ1) is 14.1. The maximum absolute atomic E-state index is 14.3. The van der Waals surface area contributed by atoms with Crippen molar-refractivity contribution in [1.29, 1.82) is 0 Å². The maximum Gasteiger partial charge on any atom is 0.128 e. The fraction of sp³-hybridized carbons (Fsp3) is 0.429. The van der Waals surface area contributed by atoms with E-state index in [-0.39, 0.29) is 11.9 Å². The Kier molecular flexibility index (Phi) is 4.27. The summed E-state index contributed by atoms with van der Waals surface area (Å²) in [4.78, 5) is 0.979. The highest BCUT2D eigenvalue weighted by atomic mass is 32.1. The quantitative estimate of drug-likeness (QED) is 0.933. The molecule has 1 aromatic heterocycles. The van der Waals surface area contributed by atoms with Crippen LogP contribution in [0.4, 0.5) is 4.39 Å². The van der Waals surface area contributed by atoms with Gasteiger partial charge in [-0.25, -0.2) is 4.39 Å². The van der Waals surface area contributed by atoms with Crippen molar-refractivity contribution in [2.24, 2.45) is 0 Å². The van der Waals surface area contributed by atoms with Crippen LogP contribution in [0, 0.1) is 26.6 Å². The van der Waals surface area contributed by atoms with Gasteiger partial charge < -0.3 is 5.32 Å². The minimum Gasteiger partial charge on any atom is -0.306 e. The van der Waals surface area contributed by atoms with Gasteiger partial charge in [-0.2, -0.15) is 0 Å². The lowest BCUT2D eigenvalue weighted by Crippen LogP contribution is -2.24. The summed E-state index contributed by atoms with van der Waals surface area (Å²) in [6, 6.07) is 3.41. The van der Waals surface area contributed by atoms with Gasteiger partial charge in [-0.3, -0.25) is 0 Å². The number of rotatable bonds is 4. The van der Waals surface area contributed by atoms with E-state index in [4.69, 9.17) is 0 Å². The van der Waals surface area contributed by atoms with Crippen LogP contribution in [0.1, 0.15) is 40.2 Å². The predicted molar refractivity (Wildman–Crippen MR) is 76.0 cm³/mol. The Hall–Kier alpha value is -1.33. The molecule has 0 bridgehead atoms. The average molecular weight is 279 g/mol. The van der Waals surface area contributed by atoms with Crippen LogP contribution in [0.2, 0.25) is 0 Å². The zero-order valence-electron chi connectivity index (χ0n) is 11.6. The molecule has 19 heavy (non-hydrogen) atoms. The Bertz CT molecular complexity index is 557. The summed E-state index contributed by atoms with van der Waals surface area (Å²) >= 11 is 1.32. The molecular formula is C14H18FN3S. The number of aryl methyl sites for hydroxylation is 3. The minimum atomic E-state index is -0.175. The number of benzene rings is 1. The SMILES string of the molecule is CCNC(c1snnc1C)c1c(C)cc(C)cc1F. The normalized spacial score (nSPS) is 12.7. The Morgan fingerprint density at radius 3 is 2.58 bits per heavy atom. The van der Waals surface area contributed by atoms with E-state index < -0.39 is 0 Å². The summed E-state index contributed by atoms with van der Waals surface area (Å²) in [7, 11) is 0. The van der Waals surface area contributed by atoms with Crippen molar-refractivity contribution in [3.8, 4) is 0 Å². The van der Waals surface area contributed by atoms with Crippen LogP contribution >= 0.6 is 11.5 Å². The van der Waals surface area contributed by atoms with Gasteiger partial charge in [0.2, 0.25) is 0 Å². The van der Waals surface area contributed by atoms with Gasteiger partial charge in [0.25, 0.3) is 0 Å². The Balaban J connectivity index is 2.54. The molecule has 2 aromatic rings. The highest BCUT2D eigenvalue weighted by molar-refractivity contribution is 7.05. The Labute approximate surface area is 117 Å². The molecule has 0 saturated carbocycles. The highest BCUT2D eigenvalue weighted by Gasteiger charge is 2.23. The molecule has 0 saturated heterocycles. The zero-order chi connectivity index (χ0) is 14.0. The second kappa shape index (κ2) is 5.75. The lowest BCUT2D eigenvalue weighted by molar-refractivity contribution is 0.557. The fourth-order valence-corrected chi connectivity index (χ4v) is 3.06. The van der Waals surface area contributed by atoms with E-state index >= 15 is 0 Å². The lowest BCUT2D eigenvalue weighted by Gasteiger charge is -2.20. The molecule has 0 aliphatic carbocycles. The van der Waals surface area contributed by atoms with E-state index in [1.165, 1.54) is 11.5 Å². The number of nitrogens with one attached hydrogen (secondary N) is 1. The Morgan fingerprint density at radius 2 is 2.05 bits per heavy atom. The topological polar surface area (TPSA) is 37.8 Å². The molecule has 1 atom stereocenters. The van der Waals surface area contributed by atoms with Crippen LogP contribution in [-0.4, -0.2) is 16.1 Å². The van der Waals surface area contributed by atoms with Crippen molar-refractivity contribution >= 4 is 11.5 Å². The molecule has 0 aliphatic rings. The molecule has 1 heterocycles. The van der Waals surface area contributed by atoms with E-state index in [0.29, 0.717) is 5.56 Å². The summed E-state index contributed by atoms with van der Waals surface area (Å²) in [6.45, 7) is 8.53. The second-order valence-corrected chi connectivity index (χ2v) is 5.48. The first-order chi connectivity index (χ1) is 9.04. The van der Waals surface area contributed by atoms with Gasteiger partial charge in [0.1, 0.15) is 5.82 Å². The van der Waals surface area contributed by atoms with Gasteiger partial charge in [0.15, 0.2) is 0 Å². The van der Waals surface area contributed by atoms with E-state index in [1.54, 1.807) is 6.07 Å². The van der Waals surface area contributed by atoms with Crippen LogP contribution in [0.5, 0.6) is 0 Å². The Morgan fingerprint density at radius 1 is 1.32 bits per heavy atom. The van der Waals surface area contributed by atoms with Crippen LogP contribution < -0.4 is 5.32 Å². The molecular weight excluding hydrogens is 261 g/mol. The monoisotopic (exact) mass is 279 g/mol. The third-order valence-corrected chi connectivity index (χ3v) is 4.02. The fourth-order valence-electron chi connectivity index (χ4n) is 2.33. The molecule has 0 spiro atoms. The van der Waals surface area contributed by atoms with Crippen LogP contribution in [0.3, 0.4) is 0 Å². The predicted octanol–water partition coefficient (Wildman–Crippen LogP) is 3.30. The minimum absolute atomic E-state index is 0.170. The molecule has 0 aliphatic heterocycles. The van der Waals surface area contributed by atoms with Gasteiger partial charge in [-0.05, 0) is 56.0 Å². The number of nitrogens with zero attached hydrogens (tertiary/aromatic N) is 2. The molecule has 0 fully saturated rings. The molecule has 2 rings (SSSR count). The van der Waals surface area contributed by atoms with Crippen LogP contribution in [0.15, 0.2) is 12.1 Å². The average Bonchev–Trinajstić information content (AvgIpc) is 2.73. The zero-order valence-corrected chi connectivity index (χ0v) is 12.4. The molecule has 1 N–H and O–H groups in total. The summed E-state index contributed by atoms with van der Waals surface area (Å²) in [5.74, 6) is -0.170. The third-order valence-electron chi connectivity index (χ3n) is 3.13. The maximum atomic E-state index is 14.3. The smallest absolute Gasteiger partial charge is 0.128 e. The summed E-state index contributed by atoms with van der Waals surface area (Å²) in [5.41, 5.74) is 3.45. The van der Waals surface area contributed by atoms with Gasteiger partial charge in [-0.1, -0.05) is 17.5 Å². The molecule has 5 heteroatoms. The van der Waals surface area contributed by atoms with Crippen molar-refractivity contribution in [3.63, 3.8) is 0 Å². The van der Waals surface area contributed by atoms with Gasteiger partial charge in [-0.15, -0.1) is 5.10 Å². The van der Waals surface area contributed by atoms with Gasteiger partial charge in [0.05, 0.1) is 16.6 Å². The van der Waals surface area contributed by atoms with Gasteiger partial charge >= 0.3 is 0 Å². The molecule has 0 amide bonds. The van der Waals surface area contributed by atoms with Crippen molar-refractivity contribution in [3.05, 3.63) is 45.2 Å². The first-order valence-electron chi connectivity index (χ1n) is 6.33. The number of aromatic nitrogens is 2. The van der Waals surface area contributed by atoms with E-state index in [1.807, 2.05) is 33.8 Å². The van der Waals surface area contributed by atoms with E-state index in [0.717, 1.165) is 28.2 Å². The van der Waals surface area contributed by atoms with Crippen molar-refractivity contribution in [1.82, 2.24) is 14.9 Å². The van der Waals surface area contributed by atoms with E-state index in [9.17, 15) is 4.39 Å². The molecule has 0 radical (unpaired) electrons. The molecule has 1 aromatic carbocycles. The van der Waals surface area contributed by atoms with E-state index in [2.05, 4.69) is 14.9 Å². The van der Waals surface area contributed by atoms with Crippen LogP contribution in [0.25, 0.3) is 0 Å². The molecule has 3 nitrogen and oxygen atoms in total. The van der Waals surface area contributed by atoms with Crippen molar-refractivity contribution in [2.75, 3.05) is 6.54 Å². The number of hydrogen-bond acceptors (Lipinski definition) is 4. The van der Waals surface area contributed by atoms with Crippen LogP contribution in [-0.2, 0) is 0 Å². The molecule has 102 valence electrons. The largest absolute Gasteiger partial charge is 0.306 e. The standard InChI is InChI=1S/C14H18FN3S/c1-5-16-13(14-10(4)17-18-19-14)12-9(3)6-8(2)7-11(12)15/h6-7,13,16H,5H2,1-4H3. The first-order valence-corrected chi connectivity index (χ1v) is 7.10. The second-order valence-electron chi connectivity index (χ2n) is 4.69. The summed E-state index contributed by atoms with van der Waals surface area (Å²) in [5, 5.41) is 7.36. The number of hydrogen-bond donors (Lipinski definition) is 1. The van der Waals surface area contributed by atoms with Crippen molar-refractivity contribution < 1.29 is 4.39 Å². The molecule has 1 unspecified atom stereocenters.